The zero-order valence-electron chi connectivity index (χ0n) is 14.0. The van der Waals surface area contributed by atoms with Crippen LogP contribution in [-0.2, 0) is 9.59 Å². The van der Waals surface area contributed by atoms with Gasteiger partial charge in [-0.3, -0.25) is 14.4 Å². The number of carbonyl (C=O) groups is 3. The Morgan fingerprint density at radius 3 is 2.71 bits per heavy atom. The van der Waals surface area contributed by atoms with E-state index in [2.05, 4.69) is 5.32 Å². The van der Waals surface area contributed by atoms with Gasteiger partial charge in [-0.15, -0.1) is 0 Å². The minimum Gasteiger partial charge on any atom is -0.481 e. The first kappa shape index (κ1) is 16.5. The van der Waals surface area contributed by atoms with Gasteiger partial charge in [0.05, 0.1) is 5.41 Å². The molecule has 0 unspecified atom stereocenters. The Morgan fingerprint density at radius 2 is 2.08 bits per heavy atom. The second-order valence-electron chi connectivity index (χ2n) is 6.90. The number of carboxylic acids is 1. The van der Waals surface area contributed by atoms with Crippen LogP contribution in [0.5, 0.6) is 0 Å². The Morgan fingerprint density at radius 1 is 1.33 bits per heavy atom. The zero-order valence-corrected chi connectivity index (χ0v) is 14.0. The predicted molar refractivity (Wildman–Crippen MR) is 88.8 cm³/mol. The highest BCUT2D eigenvalue weighted by molar-refractivity contribution is 5.99. The molecule has 1 saturated carbocycles. The molecule has 2 N–H and O–H groups in total. The van der Waals surface area contributed by atoms with Crippen LogP contribution >= 0.6 is 0 Å². The lowest BCUT2D eigenvalue weighted by atomic mass is 9.81. The van der Waals surface area contributed by atoms with Gasteiger partial charge in [-0.1, -0.05) is 12.5 Å². The van der Waals surface area contributed by atoms with Crippen LogP contribution in [0.4, 0.5) is 5.69 Å². The molecular formula is C18H22N2O4. The quantitative estimate of drug-likeness (QED) is 0.890. The molecule has 0 aromatic heterocycles. The highest BCUT2D eigenvalue weighted by Crippen LogP contribution is 2.49. The number of fused-ring (bicyclic) bond motifs is 1. The number of anilines is 1. The topological polar surface area (TPSA) is 86.7 Å². The summed E-state index contributed by atoms with van der Waals surface area (Å²) in [5.41, 5.74) is 1.06. The summed E-state index contributed by atoms with van der Waals surface area (Å²) in [6.07, 6.45) is 2.42. The van der Waals surface area contributed by atoms with E-state index in [-0.39, 0.29) is 24.3 Å². The average molecular weight is 330 g/mol. The van der Waals surface area contributed by atoms with E-state index in [4.69, 9.17) is 0 Å². The molecule has 0 spiro atoms. The van der Waals surface area contributed by atoms with Crippen molar-refractivity contribution in [3.8, 4) is 0 Å². The monoisotopic (exact) mass is 330 g/mol. The van der Waals surface area contributed by atoms with Crippen LogP contribution in [0.3, 0.4) is 0 Å². The van der Waals surface area contributed by atoms with E-state index in [1.807, 2.05) is 0 Å². The first-order valence-electron chi connectivity index (χ1n) is 8.25. The minimum absolute atomic E-state index is 0.0396. The Balaban J connectivity index is 1.86. The third-order valence-corrected chi connectivity index (χ3v) is 5.46. The van der Waals surface area contributed by atoms with E-state index in [9.17, 15) is 19.5 Å². The van der Waals surface area contributed by atoms with Crippen LogP contribution in [0.2, 0.25) is 0 Å². The summed E-state index contributed by atoms with van der Waals surface area (Å²) in [4.78, 5) is 37.6. The first-order chi connectivity index (χ1) is 11.3. The number of carboxylic acid groups (broad SMARTS) is 1. The van der Waals surface area contributed by atoms with E-state index < -0.39 is 11.4 Å². The molecule has 2 atom stereocenters. The summed E-state index contributed by atoms with van der Waals surface area (Å²) < 4.78 is 0. The maximum Gasteiger partial charge on any atom is 0.311 e. The third-order valence-electron chi connectivity index (χ3n) is 5.46. The Kier molecular flexibility index (Phi) is 4.07. The van der Waals surface area contributed by atoms with Crippen molar-refractivity contribution < 1.29 is 19.5 Å². The van der Waals surface area contributed by atoms with E-state index in [0.29, 0.717) is 29.8 Å². The van der Waals surface area contributed by atoms with Crippen molar-refractivity contribution in [1.82, 2.24) is 4.90 Å². The van der Waals surface area contributed by atoms with Gasteiger partial charge < -0.3 is 15.3 Å². The third kappa shape index (κ3) is 2.56. The molecule has 0 radical (unpaired) electrons. The number of nitrogens with one attached hydrogen (secondary N) is 1. The van der Waals surface area contributed by atoms with E-state index >= 15 is 0 Å². The van der Waals surface area contributed by atoms with Crippen LogP contribution in [0.25, 0.3) is 0 Å². The predicted octanol–water partition coefficient (Wildman–Crippen LogP) is 2.28. The maximum absolute atomic E-state index is 12.9. The summed E-state index contributed by atoms with van der Waals surface area (Å²) in [6, 6.07) is 5.21. The molecule has 1 saturated heterocycles. The smallest absolute Gasteiger partial charge is 0.311 e. The lowest BCUT2D eigenvalue weighted by Gasteiger charge is -2.23. The van der Waals surface area contributed by atoms with Crippen molar-refractivity contribution in [1.29, 1.82) is 0 Å². The lowest BCUT2D eigenvalue weighted by Crippen LogP contribution is -2.37. The molecule has 2 amide bonds. The highest BCUT2D eigenvalue weighted by Gasteiger charge is 2.55. The summed E-state index contributed by atoms with van der Waals surface area (Å²) >= 11 is 0. The van der Waals surface area contributed by atoms with Crippen LogP contribution in [0, 0.1) is 18.3 Å². The van der Waals surface area contributed by atoms with Crippen LogP contribution in [0.15, 0.2) is 18.2 Å². The van der Waals surface area contributed by atoms with Gasteiger partial charge in [0, 0.05) is 31.3 Å². The highest BCUT2D eigenvalue weighted by atomic mass is 16.4. The number of aliphatic carboxylic acids is 1. The number of amides is 2. The van der Waals surface area contributed by atoms with E-state index in [1.54, 1.807) is 30.0 Å². The van der Waals surface area contributed by atoms with Gasteiger partial charge in [0.15, 0.2) is 0 Å². The second-order valence-corrected chi connectivity index (χ2v) is 6.90. The average Bonchev–Trinajstić information content (AvgIpc) is 3.06. The molecule has 1 aliphatic heterocycles. The van der Waals surface area contributed by atoms with Crippen molar-refractivity contribution in [2.45, 2.75) is 33.1 Å². The van der Waals surface area contributed by atoms with Crippen molar-refractivity contribution in [3.05, 3.63) is 29.3 Å². The number of hydrogen-bond donors (Lipinski definition) is 2. The first-order valence-corrected chi connectivity index (χ1v) is 8.25. The van der Waals surface area contributed by atoms with E-state index in [0.717, 1.165) is 12.8 Å². The maximum atomic E-state index is 12.9. The molecule has 1 aliphatic carbocycles. The fraction of sp³-hybridized carbons (Fsp3) is 0.500. The number of benzene rings is 1. The van der Waals surface area contributed by atoms with E-state index in [1.165, 1.54) is 6.92 Å². The van der Waals surface area contributed by atoms with Gasteiger partial charge in [0.25, 0.3) is 5.91 Å². The summed E-state index contributed by atoms with van der Waals surface area (Å²) in [6.45, 7) is 3.99. The molecule has 1 aromatic carbocycles. The van der Waals surface area contributed by atoms with Gasteiger partial charge in [-0.05, 0) is 43.4 Å². The molecule has 1 heterocycles. The van der Waals surface area contributed by atoms with Gasteiger partial charge >= 0.3 is 5.97 Å². The molecule has 24 heavy (non-hydrogen) atoms. The van der Waals surface area contributed by atoms with Crippen LogP contribution < -0.4 is 5.32 Å². The number of rotatable bonds is 3. The van der Waals surface area contributed by atoms with Crippen molar-refractivity contribution in [3.63, 3.8) is 0 Å². The fourth-order valence-corrected chi connectivity index (χ4v) is 4.16. The molecule has 2 fully saturated rings. The van der Waals surface area contributed by atoms with Crippen molar-refractivity contribution in [2.24, 2.45) is 11.3 Å². The molecule has 6 heteroatoms. The summed E-state index contributed by atoms with van der Waals surface area (Å²) in [7, 11) is 0. The summed E-state index contributed by atoms with van der Waals surface area (Å²) in [5.74, 6) is -1.10. The van der Waals surface area contributed by atoms with Gasteiger partial charge in [0.1, 0.15) is 0 Å². The Bertz CT molecular complexity index is 715. The van der Waals surface area contributed by atoms with Gasteiger partial charge in [0.2, 0.25) is 5.91 Å². The normalized spacial score (nSPS) is 25.4. The molecule has 2 aliphatic rings. The number of hydrogen-bond acceptors (Lipinski definition) is 3. The summed E-state index contributed by atoms with van der Waals surface area (Å²) in [5, 5.41) is 12.4. The largest absolute Gasteiger partial charge is 0.481 e. The molecule has 6 nitrogen and oxygen atoms in total. The SMILES string of the molecule is CC(=O)Nc1cccc(C(=O)N2C[C@@H]3CCC[C@@]3(C(=O)O)C2)c1C. The van der Waals surface area contributed by atoms with Crippen molar-refractivity contribution in [2.75, 3.05) is 18.4 Å². The van der Waals surface area contributed by atoms with Crippen LogP contribution in [0.1, 0.15) is 42.1 Å². The lowest BCUT2D eigenvalue weighted by molar-refractivity contribution is -0.149. The zero-order chi connectivity index (χ0) is 17.5. The number of nitrogens with zero attached hydrogens (tertiary/aromatic N) is 1. The van der Waals surface area contributed by atoms with Gasteiger partial charge in [-0.25, -0.2) is 0 Å². The Hall–Kier alpha value is -2.37. The molecular weight excluding hydrogens is 308 g/mol. The molecule has 1 aromatic rings. The molecule has 128 valence electrons. The standard InChI is InChI=1S/C18H22N2O4/c1-11-14(6-3-7-15(11)19-12(2)21)16(22)20-9-13-5-4-8-18(13,10-20)17(23)24/h3,6-7,13H,4-5,8-10H2,1-2H3,(H,19,21)(H,23,24)/t13-,18+/m0/s1. The second kappa shape index (κ2) is 5.92. The van der Waals surface area contributed by atoms with Crippen LogP contribution in [-0.4, -0.2) is 40.9 Å². The minimum atomic E-state index is -0.788. The van der Waals surface area contributed by atoms with Gasteiger partial charge in [-0.2, -0.15) is 0 Å². The van der Waals surface area contributed by atoms with Crippen molar-refractivity contribution >= 4 is 23.5 Å². The molecule has 0 bridgehead atoms. The number of likely N-dealkylation sites (tertiary alicyclic amines) is 1. The Labute approximate surface area is 140 Å². The molecule has 3 rings (SSSR count). The number of carbonyl (C=O) groups excluding carboxylic acids is 2. The fourth-order valence-electron chi connectivity index (χ4n) is 4.16.